The van der Waals surface area contributed by atoms with Crippen LogP contribution in [0.1, 0.15) is 81.8 Å². The quantitative estimate of drug-likeness (QED) is 0.296. The monoisotopic (exact) mass is 575 g/mol. The number of carbonyl (C=O) groups is 2. The molecule has 3 aliphatic rings. The molecule has 3 atom stereocenters. The normalized spacial score (nSPS) is 22.4. The summed E-state index contributed by atoms with van der Waals surface area (Å²) in [5, 5.41) is 0. The number of hydrogen-bond donors (Lipinski definition) is 0. The molecule has 0 aromatic heterocycles. The van der Waals surface area contributed by atoms with E-state index in [1.54, 1.807) is 21.3 Å². The molecule has 42 heavy (non-hydrogen) atoms. The summed E-state index contributed by atoms with van der Waals surface area (Å²) in [5.41, 5.74) is 3.64. The zero-order valence-electron chi connectivity index (χ0n) is 25.2. The van der Waals surface area contributed by atoms with E-state index in [9.17, 15) is 9.59 Å². The van der Waals surface area contributed by atoms with E-state index in [4.69, 9.17) is 28.7 Å². The van der Waals surface area contributed by atoms with Crippen LogP contribution in [0, 0.1) is 5.92 Å². The van der Waals surface area contributed by atoms with Crippen LogP contribution in [0.15, 0.2) is 52.7 Å². The van der Waals surface area contributed by atoms with E-state index >= 15 is 0 Å². The van der Waals surface area contributed by atoms with Gasteiger partial charge in [-0.15, -0.1) is 0 Å². The van der Waals surface area contributed by atoms with Gasteiger partial charge in [-0.1, -0.05) is 19.1 Å². The van der Waals surface area contributed by atoms with Crippen molar-refractivity contribution in [2.75, 3.05) is 27.9 Å². The van der Waals surface area contributed by atoms with Crippen LogP contribution < -0.4 is 18.9 Å². The third-order valence-electron chi connectivity index (χ3n) is 8.64. The number of methoxy groups -OCH3 is 3. The maximum atomic E-state index is 14.1. The molecule has 1 heterocycles. The first-order chi connectivity index (χ1) is 20.4. The van der Waals surface area contributed by atoms with Crippen molar-refractivity contribution in [3.05, 3.63) is 58.8 Å². The Morgan fingerprint density at radius 2 is 1.50 bits per heavy atom. The second-order valence-electron chi connectivity index (χ2n) is 11.3. The van der Waals surface area contributed by atoms with Gasteiger partial charge >= 0.3 is 5.97 Å². The first-order valence-corrected chi connectivity index (χ1v) is 14.9. The van der Waals surface area contributed by atoms with E-state index < -0.39 is 11.8 Å². The number of ketones is 1. The number of benzene rings is 2. The lowest BCUT2D eigenvalue weighted by Crippen LogP contribution is -2.41. The molecule has 2 aromatic rings. The molecule has 8 nitrogen and oxygen atoms in total. The fraction of sp³-hybridized carbons (Fsp3) is 0.500. The van der Waals surface area contributed by atoms with E-state index in [2.05, 4.69) is 0 Å². The number of Topliss-reactive ketones (excluding diaryl/α,β-unsaturated/α-hetero) is 1. The van der Waals surface area contributed by atoms with Crippen LogP contribution in [0.5, 0.6) is 23.0 Å². The summed E-state index contributed by atoms with van der Waals surface area (Å²) >= 11 is 0. The summed E-state index contributed by atoms with van der Waals surface area (Å²) in [6, 6.07) is 11.5. The molecule has 0 bridgehead atoms. The number of esters is 1. The first kappa shape index (κ1) is 29.7. The smallest absolute Gasteiger partial charge is 0.336 e. The molecule has 1 unspecified atom stereocenters. The van der Waals surface area contributed by atoms with Crippen LogP contribution in [0.25, 0.3) is 0 Å². The minimum atomic E-state index is -0.566. The van der Waals surface area contributed by atoms with E-state index in [1.807, 2.05) is 50.2 Å². The van der Waals surface area contributed by atoms with Crippen molar-refractivity contribution in [3.63, 3.8) is 0 Å². The molecule has 0 N–H and O–H groups in total. The molecular weight excluding hydrogens is 534 g/mol. The third kappa shape index (κ3) is 5.90. The SMILES string of the molecule is CCCOc1ccc([C@H]2C(C(=O)OC3CCCC3)=C(C)N=C3C[C@H](c4ccc(OC)c(OC)c4)CC(=O)C32)cc1OC. The Balaban J connectivity index is 1.54. The van der Waals surface area contributed by atoms with Crippen LogP contribution in [0.2, 0.25) is 0 Å². The van der Waals surface area contributed by atoms with Gasteiger partial charge in [0.1, 0.15) is 11.9 Å². The second kappa shape index (κ2) is 13.0. The lowest BCUT2D eigenvalue weighted by Gasteiger charge is -2.38. The highest BCUT2D eigenvalue weighted by Gasteiger charge is 2.46. The molecular formula is C34H41NO7. The van der Waals surface area contributed by atoms with E-state index in [0.29, 0.717) is 53.7 Å². The van der Waals surface area contributed by atoms with Gasteiger partial charge in [-0.25, -0.2) is 4.79 Å². The number of carbonyl (C=O) groups excluding carboxylic acids is 2. The second-order valence-corrected chi connectivity index (χ2v) is 11.3. The van der Waals surface area contributed by atoms with Crippen LogP contribution in [0.3, 0.4) is 0 Å². The van der Waals surface area contributed by atoms with Gasteiger partial charge in [-0.05, 0) is 86.8 Å². The highest BCUT2D eigenvalue weighted by Crippen LogP contribution is 2.48. The van der Waals surface area contributed by atoms with Gasteiger partial charge in [-0.2, -0.15) is 0 Å². The zero-order valence-corrected chi connectivity index (χ0v) is 25.2. The predicted octanol–water partition coefficient (Wildman–Crippen LogP) is 6.56. The van der Waals surface area contributed by atoms with Crippen molar-refractivity contribution in [2.24, 2.45) is 10.9 Å². The first-order valence-electron chi connectivity index (χ1n) is 14.9. The zero-order chi connectivity index (χ0) is 29.8. The van der Waals surface area contributed by atoms with Crippen molar-refractivity contribution in [1.82, 2.24) is 0 Å². The Labute approximate surface area is 248 Å². The molecule has 8 heteroatoms. The molecule has 224 valence electrons. The number of fused-ring (bicyclic) bond motifs is 1. The Morgan fingerprint density at radius 1 is 0.857 bits per heavy atom. The Hall–Kier alpha value is -3.81. The van der Waals surface area contributed by atoms with Crippen LogP contribution >= 0.6 is 0 Å². The average molecular weight is 576 g/mol. The summed E-state index contributed by atoms with van der Waals surface area (Å²) in [6.45, 7) is 4.46. The third-order valence-corrected chi connectivity index (χ3v) is 8.64. The van der Waals surface area contributed by atoms with Gasteiger partial charge in [0.2, 0.25) is 0 Å². The van der Waals surface area contributed by atoms with Crippen LogP contribution in [-0.4, -0.2) is 51.5 Å². The van der Waals surface area contributed by atoms with Crippen LogP contribution in [0.4, 0.5) is 0 Å². The topological polar surface area (TPSA) is 92.7 Å². The number of hydrogen-bond acceptors (Lipinski definition) is 8. The van der Waals surface area contributed by atoms with E-state index in [0.717, 1.165) is 48.9 Å². The summed E-state index contributed by atoms with van der Waals surface area (Å²) in [4.78, 5) is 32.8. The fourth-order valence-corrected chi connectivity index (χ4v) is 6.57. The number of rotatable bonds is 10. The van der Waals surface area contributed by atoms with Crippen LogP contribution in [-0.2, 0) is 14.3 Å². The minimum Gasteiger partial charge on any atom is -0.493 e. The maximum Gasteiger partial charge on any atom is 0.336 e. The van der Waals surface area contributed by atoms with E-state index in [-0.39, 0.29) is 23.8 Å². The lowest BCUT2D eigenvalue weighted by atomic mass is 9.66. The summed E-state index contributed by atoms with van der Waals surface area (Å²) in [7, 11) is 4.80. The molecule has 2 aliphatic carbocycles. The number of allylic oxidation sites excluding steroid dienone is 1. The molecule has 2 aromatic carbocycles. The summed E-state index contributed by atoms with van der Waals surface area (Å²) in [6.07, 6.45) is 5.53. The van der Waals surface area contributed by atoms with Gasteiger partial charge in [0.25, 0.3) is 0 Å². The molecule has 0 saturated heterocycles. The highest BCUT2D eigenvalue weighted by atomic mass is 16.5. The van der Waals surface area contributed by atoms with Gasteiger partial charge in [0, 0.05) is 23.7 Å². The predicted molar refractivity (Wildman–Crippen MR) is 160 cm³/mol. The number of aliphatic imine (C=N–C) groups is 1. The minimum absolute atomic E-state index is 0.0497. The van der Waals surface area contributed by atoms with Gasteiger partial charge in [0.05, 0.1) is 39.4 Å². The number of ether oxygens (including phenoxy) is 5. The van der Waals surface area contributed by atoms with Crippen molar-refractivity contribution in [3.8, 4) is 23.0 Å². The fourth-order valence-electron chi connectivity index (χ4n) is 6.57. The molecule has 2 fully saturated rings. The van der Waals surface area contributed by atoms with Gasteiger partial charge in [-0.3, -0.25) is 9.79 Å². The Kier molecular flexibility index (Phi) is 9.19. The number of nitrogens with zero attached hydrogens (tertiary/aromatic N) is 1. The molecule has 2 saturated carbocycles. The Bertz CT molecular complexity index is 1390. The average Bonchev–Trinajstić information content (AvgIpc) is 3.51. The van der Waals surface area contributed by atoms with Gasteiger partial charge < -0.3 is 23.7 Å². The lowest BCUT2D eigenvalue weighted by molar-refractivity contribution is -0.144. The van der Waals surface area contributed by atoms with Gasteiger partial charge in [0.15, 0.2) is 23.0 Å². The summed E-state index contributed by atoms with van der Waals surface area (Å²) < 4.78 is 28.5. The molecule has 0 amide bonds. The van der Waals surface area contributed by atoms with Crippen molar-refractivity contribution < 1.29 is 33.3 Å². The van der Waals surface area contributed by atoms with Crippen molar-refractivity contribution in [2.45, 2.75) is 76.7 Å². The molecule has 0 spiro atoms. The molecule has 0 radical (unpaired) electrons. The largest absolute Gasteiger partial charge is 0.493 e. The molecule has 1 aliphatic heterocycles. The maximum absolute atomic E-state index is 14.1. The van der Waals surface area contributed by atoms with Crippen molar-refractivity contribution >= 4 is 17.5 Å². The van der Waals surface area contributed by atoms with E-state index in [1.165, 1.54) is 0 Å². The standard InChI is InChI=1S/C34H41NO7/c1-6-15-41-28-14-12-22(19-30(28)40-5)32-31(34(37)42-24-9-7-8-10-24)20(2)35-25-16-23(17-26(36)33(25)32)21-11-13-27(38-3)29(18-21)39-4/h11-14,18-19,23-24,32-33H,6-10,15-17H2,1-5H3/t23-,32-,33?/m0/s1. The Morgan fingerprint density at radius 3 is 2.19 bits per heavy atom. The highest BCUT2D eigenvalue weighted by molar-refractivity contribution is 6.12. The van der Waals surface area contributed by atoms with Crippen molar-refractivity contribution in [1.29, 1.82) is 0 Å². The molecule has 5 rings (SSSR count). The summed E-state index contributed by atoms with van der Waals surface area (Å²) in [5.74, 6) is 0.972.